The van der Waals surface area contributed by atoms with Crippen LogP contribution in [0.3, 0.4) is 0 Å². The monoisotopic (exact) mass is 284 g/mol. The second-order valence-corrected chi connectivity index (χ2v) is 4.93. The van der Waals surface area contributed by atoms with E-state index in [2.05, 4.69) is 10.6 Å². The van der Waals surface area contributed by atoms with Crippen molar-refractivity contribution in [3.8, 4) is 0 Å². The van der Waals surface area contributed by atoms with Gasteiger partial charge in [-0.2, -0.15) is 0 Å². The number of benzene rings is 1. The van der Waals surface area contributed by atoms with Gasteiger partial charge in [0.15, 0.2) is 0 Å². The molecule has 2 rings (SSSR count). The third-order valence-corrected chi connectivity index (χ3v) is 3.30. The zero-order chi connectivity index (χ0) is 13.0. The molecule has 3 N–H and O–H groups in total. The zero-order valence-corrected chi connectivity index (χ0v) is 11.8. The molecule has 1 aliphatic rings. The van der Waals surface area contributed by atoms with Gasteiger partial charge in [-0.25, -0.2) is 0 Å². The molecule has 1 aromatic rings. The van der Waals surface area contributed by atoms with E-state index in [1.165, 1.54) is 0 Å². The molecule has 1 amide bonds. The number of hydrogen-bond acceptors (Lipinski definition) is 3. The summed E-state index contributed by atoms with van der Waals surface area (Å²) in [6.07, 6.45) is 0.0108. The Balaban J connectivity index is 0.00000180. The van der Waals surface area contributed by atoms with E-state index in [1.54, 1.807) is 0 Å². The maximum atomic E-state index is 11.7. The molecule has 0 spiro atoms. The van der Waals surface area contributed by atoms with Gasteiger partial charge in [0.25, 0.3) is 0 Å². The second-order valence-electron chi connectivity index (χ2n) is 4.93. The van der Waals surface area contributed by atoms with Crippen LogP contribution in [0, 0.1) is 5.92 Å². The van der Waals surface area contributed by atoms with Crippen LogP contribution in [0.4, 0.5) is 0 Å². The Labute approximate surface area is 120 Å². The molecule has 4 nitrogen and oxygen atoms in total. The summed E-state index contributed by atoms with van der Waals surface area (Å²) in [6, 6.07) is 9.51. The minimum Gasteiger partial charge on any atom is -0.388 e. The van der Waals surface area contributed by atoms with E-state index in [0.29, 0.717) is 6.42 Å². The molecule has 1 aromatic carbocycles. The topological polar surface area (TPSA) is 61.4 Å². The van der Waals surface area contributed by atoms with Crippen molar-refractivity contribution < 1.29 is 9.90 Å². The van der Waals surface area contributed by atoms with E-state index in [1.807, 2.05) is 37.3 Å². The Bertz CT molecular complexity index is 396. The fourth-order valence-corrected chi connectivity index (χ4v) is 2.04. The van der Waals surface area contributed by atoms with Gasteiger partial charge in [-0.1, -0.05) is 30.3 Å². The summed E-state index contributed by atoms with van der Waals surface area (Å²) in [5.41, 5.74) is 0.893. The molecule has 1 heterocycles. The Hall–Kier alpha value is -1.10. The lowest BCUT2D eigenvalue weighted by molar-refractivity contribution is -0.127. The maximum Gasteiger partial charge on any atom is 0.225 e. The van der Waals surface area contributed by atoms with Crippen molar-refractivity contribution in [3.05, 3.63) is 35.9 Å². The first kappa shape index (κ1) is 16.0. The average molecular weight is 285 g/mol. The quantitative estimate of drug-likeness (QED) is 0.763. The molecule has 0 saturated carbocycles. The Morgan fingerprint density at radius 3 is 2.58 bits per heavy atom. The van der Waals surface area contributed by atoms with Crippen molar-refractivity contribution in [3.63, 3.8) is 0 Å². The highest BCUT2D eigenvalue weighted by Crippen LogP contribution is 2.18. The average Bonchev–Trinajstić information content (AvgIpc) is 2.27. The first-order valence-corrected chi connectivity index (χ1v) is 6.41. The molecule has 0 aliphatic carbocycles. The SMILES string of the molecule is CC(CC(O)c1ccccc1)NC(=O)C1CNC1.Cl. The van der Waals surface area contributed by atoms with E-state index in [9.17, 15) is 9.90 Å². The maximum absolute atomic E-state index is 11.7. The summed E-state index contributed by atoms with van der Waals surface area (Å²) >= 11 is 0. The number of aliphatic hydroxyl groups is 1. The predicted molar refractivity (Wildman–Crippen MR) is 77.2 cm³/mol. The summed E-state index contributed by atoms with van der Waals surface area (Å²) in [5.74, 6) is 0.183. The number of carbonyl (C=O) groups is 1. The summed E-state index contributed by atoms with van der Waals surface area (Å²) < 4.78 is 0. The highest BCUT2D eigenvalue weighted by molar-refractivity contribution is 5.85. The molecular weight excluding hydrogens is 264 g/mol. The summed E-state index contributed by atoms with van der Waals surface area (Å²) in [6.45, 7) is 3.45. The van der Waals surface area contributed by atoms with Crippen molar-refractivity contribution >= 4 is 18.3 Å². The number of aliphatic hydroxyl groups excluding tert-OH is 1. The fourth-order valence-electron chi connectivity index (χ4n) is 2.04. The van der Waals surface area contributed by atoms with Crippen molar-refractivity contribution in [2.24, 2.45) is 5.92 Å². The smallest absolute Gasteiger partial charge is 0.225 e. The molecule has 1 fully saturated rings. The van der Waals surface area contributed by atoms with E-state index in [0.717, 1.165) is 18.7 Å². The van der Waals surface area contributed by atoms with Gasteiger partial charge in [-0.05, 0) is 18.9 Å². The van der Waals surface area contributed by atoms with Crippen LogP contribution in [0.5, 0.6) is 0 Å². The summed E-state index contributed by atoms with van der Waals surface area (Å²) in [4.78, 5) is 11.7. The van der Waals surface area contributed by atoms with E-state index in [4.69, 9.17) is 0 Å². The Morgan fingerprint density at radius 2 is 2.05 bits per heavy atom. The molecule has 19 heavy (non-hydrogen) atoms. The lowest BCUT2D eigenvalue weighted by Gasteiger charge is -2.28. The number of amides is 1. The van der Waals surface area contributed by atoms with Crippen LogP contribution >= 0.6 is 12.4 Å². The number of hydrogen-bond donors (Lipinski definition) is 3. The van der Waals surface area contributed by atoms with Gasteiger partial charge in [-0.3, -0.25) is 4.79 Å². The number of nitrogens with one attached hydrogen (secondary N) is 2. The molecule has 1 saturated heterocycles. The molecule has 5 heteroatoms. The van der Waals surface area contributed by atoms with Crippen LogP contribution in [0.15, 0.2) is 30.3 Å². The minimum atomic E-state index is -0.527. The van der Waals surface area contributed by atoms with E-state index < -0.39 is 6.10 Å². The van der Waals surface area contributed by atoms with Crippen molar-refractivity contribution in [1.82, 2.24) is 10.6 Å². The van der Waals surface area contributed by atoms with Crippen LogP contribution in [0.2, 0.25) is 0 Å². The fraction of sp³-hybridized carbons (Fsp3) is 0.500. The van der Waals surface area contributed by atoms with E-state index >= 15 is 0 Å². The van der Waals surface area contributed by atoms with Crippen molar-refractivity contribution in [1.29, 1.82) is 0 Å². The van der Waals surface area contributed by atoms with Crippen molar-refractivity contribution in [2.75, 3.05) is 13.1 Å². The van der Waals surface area contributed by atoms with Crippen LogP contribution in [-0.4, -0.2) is 30.1 Å². The highest BCUT2D eigenvalue weighted by atomic mass is 35.5. The van der Waals surface area contributed by atoms with Gasteiger partial charge in [-0.15, -0.1) is 12.4 Å². The standard InChI is InChI=1S/C14H20N2O2.ClH/c1-10(16-14(18)12-8-15-9-12)7-13(17)11-5-3-2-4-6-11;/h2-6,10,12-13,15,17H,7-9H2,1H3,(H,16,18);1H. The lowest BCUT2D eigenvalue weighted by atomic mass is 10.00. The van der Waals surface area contributed by atoms with Gasteiger partial charge in [0.05, 0.1) is 12.0 Å². The van der Waals surface area contributed by atoms with Gasteiger partial charge in [0.2, 0.25) is 5.91 Å². The molecule has 2 atom stereocenters. The van der Waals surface area contributed by atoms with Crippen LogP contribution in [0.25, 0.3) is 0 Å². The summed E-state index contributed by atoms with van der Waals surface area (Å²) in [5, 5.41) is 16.1. The molecule has 1 aliphatic heterocycles. The number of halogens is 1. The molecule has 0 aromatic heterocycles. The van der Waals surface area contributed by atoms with Crippen molar-refractivity contribution in [2.45, 2.75) is 25.5 Å². The van der Waals surface area contributed by atoms with Crippen LogP contribution < -0.4 is 10.6 Å². The van der Waals surface area contributed by atoms with E-state index in [-0.39, 0.29) is 30.3 Å². The first-order chi connectivity index (χ1) is 8.66. The molecular formula is C14H21ClN2O2. The van der Waals surface area contributed by atoms with Crippen LogP contribution in [-0.2, 0) is 4.79 Å². The lowest BCUT2D eigenvalue weighted by Crippen LogP contribution is -2.52. The summed E-state index contributed by atoms with van der Waals surface area (Å²) in [7, 11) is 0. The number of carbonyl (C=O) groups excluding carboxylic acids is 1. The third kappa shape index (κ3) is 4.49. The molecule has 106 valence electrons. The molecule has 0 radical (unpaired) electrons. The van der Waals surface area contributed by atoms with Gasteiger partial charge < -0.3 is 15.7 Å². The van der Waals surface area contributed by atoms with Gasteiger partial charge in [0, 0.05) is 19.1 Å². The normalized spacial score (nSPS) is 17.8. The molecule has 0 bridgehead atoms. The van der Waals surface area contributed by atoms with Gasteiger partial charge >= 0.3 is 0 Å². The molecule has 2 unspecified atom stereocenters. The number of rotatable bonds is 5. The Morgan fingerprint density at radius 1 is 1.42 bits per heavy atom. The van der Waals surface area contributed by atoms with Gasteiger partial charge in [0.1, 0.15) is 0 Å². The van der Waals surface area contributed by atoms with Crippen LogP contribution in [0.1, 0.15) is 25.0 Å². The Kier molecular flexibility index (Phi) is 6.28. The third-order valence-electron chi connectivity index (χ3n) is 3.30. The highest BCUT2D eigenvalue weighted by Gasteiger charge is 2.26. The largest absolute Gasteiger partial charge is 0.388 e. The zero-order valence-electron chi connectivity index (χ0n) is 11.0. The second kappa shape index (κ2) is 7.48. The minimum absolute atomic E-state index is 0. The first-order valence-electron chi connectivity index (χ1n) is 6.41. The predicted octanol–water partition coefficient (Wildman–Crippen LogP) is 1.26.